The molecule has 43 heavy (non-hydrogen) atoms. The molecule has 0 N–H and O–H groups in total. The number of aromatic nitrogens is 3. The number of pyridine rings is 1. The Hall–Kier alpha value is -4.73. The third-order valence-electron chi connectivity index (χ3n) is 7.13. The third kappa shape index (κ3) is 5.82. The minimum Gasteiger partial charge on any atom is -0.473 e. The second kappa shape index (κ2) is 11.9. The van der Waals surface area contributed by atoms with E-state index >= 15 is 8.78 Å². The van der Waals surface area contributed by atoms with Gasteiger partial charge in [-0.15, -0.1) is 11.3 Å². The maximum absolute atomic E-state index is 15.4. The third-order valence-corrected chi connectivity index (χ3v) is 8.13. The van der Waals surface area contributed by atoms with Crippen LogP contribution in [0.25, 0.3) is 21.6 Å². The van der Waals surface area contributed by atoms with Crippen molar-refractivity contribution in [3.8, 4) is 23.2 Å². The normalized spacial score (nSPS) is 14.3. The summed E-state index contributed by atoms with van der Waals surface area (Å²) in [6, 6.07) is 14.4. The predicted octanol–water partition coefficient (Wildman–Crippen LogP) is 6.19. The molecular formula is C31H23F3N4O4S. The topological polar surface area (TPSA) is 99.3 Å². The molecule has 1 aliphatic heterocycles. The Kier molecular flexibility index (Phi) is 7.84. The van der Waals surface area contributed by atoms with Gasteiger partial charge in [-0.1, -0.05) is 12.1 Å². The summed E-state index contributed by atoms with van der Waals surface area (Å²) in [5, 5.41) is 8.90. The van der Waals surface area contributed by atoms with Gasteiger partial charge in [0.15, 0.2) is 0 Å². The molecule has 0 saturated carbocycles. The number of esters is 1. The minimum absolute atomic E-state index is 0.0114. The van der Waals surface area contributed by atoms with Gasteiger partial charge >= 0.3 is 5.97 Å². The second-order valence-electron chi connectivity index (χ2n) is 9.88. The van der Waals surface area contributed by atoms with Crippen LogP contribution >= 0.6 is 11.3 Å². The van der Waals surface area contributed by atoms with Crippen molar-refractivity contribution in [2.45, 2.75) is 32.1 Å². The monoisotopic (exact) mass is 604 g/mol. The van der Waals surface area contributed by atoms with Crippen LogP contribution in [-0.4, -0.2) is 40.3 Å². The Bertz CT molecular complexity index is 1890. The van der Waals surface area contributed by atoms with E-state index in [0.29, 0.717) is 34.2 Å². The molecule has 1 fully saturated rings. The number of benzene rings is 2. The van der Waals surface area contributed by atoms with E-state index in [1.165, 1.54) is 42.7 Å². The molecule has 0 bridgehead atoms. The van der Waals surface area contributed by atoms with E-state index in [-0.39, 0.29) is 53.0 Å². The van der Waals surface area contributed by atoms with Crippen LogP contribution < -0.4 is 4.74 Å². The number of hydrogen-bond acceptors (Lipinski definition) is 8. The van der Waals surface area contributed by atoms with Crippen LogP contribution in [0.15, 0.2) is 54.6 Å². The Labute approximate surface area is 247 Å². The summed E-state index contributed by atoms with van der Waals surface area (Å²) < 4.78 is 62.9. The second-order valence-corrected chi connectivity index (χ2v) is 10.9. The first-order valence-corrected chi connectivity index (χ1v) is 14.1. The lowest BCUT2D eigenvalue weighted by molar-refractivity contribution is -0.0589. The highest BCUT2D eigenvalue weighted by molar-refractivity contribution is 7.20. The average molecular weight is 605 g/mol. The molecule has 2 aromatic carbocycles. The van der Waals surface area contributed by atoms with E-state index in [2.05, 4.69) is 9.97 Å². The standard InChI is InChI=1S/C31H23F3N4O4S/c1-40-31(39)27-13-26-30(43-27)37-28(38(26)15-20-7-8-41-20)11-19-10-24(34)21(12-23(19)33)25-3-2-4-29(36-25)42-16-18-6-5-17(14-35)9-22(18)32/h2-6,9-10,12-13,20H,7-8,11,15-16H2,1H3. The molecule has 1 atom stereocenters. The Balaban J connectivity index is 1.24. The van der Waals surface area contributed by atoms with Gasteiger partial charge < -0.3 is 18.8 Å². The summed E-state index contributed by atoms with van der Waals surface area (Å²) >= 11 is 1.17. The van der Waals surface area contributed by atoms with Crippen LogP contribution in [0.5, 0.6) is 5.88 Å². The number of nitriles is 1. The number of imidazole rings is 1. The Morgan fingerprint density at radius 2 is 1.91 bits per heavy atom. The summed E-state index contributed by atoms with van der Waals surface area (Å²) in [5.74, 6) is -1.78. The molecular weight excluding hydrogens is 581 g/mol. The first-order chi connectivity index (χ1) is 20.8. The van der Waals surface area contributed by atoms with Crippen molar-refractivity contribution in [2.24, 2.45) is 0 Å². The van der Waals surface area contributed by atoms with Crippen molar-refractivity contribution in [3.63, 3.8) is 0 Å². The van der Waals surface area contributed by atoms with Gasteiger partial charge in [-0.3, -0.25) is 0 Å². The highest BCUT2D eigenvalue weighted by Crippen LogP contribution is 2.31. The van der Waals surface area contributed by atoms with Gasteiger partial charge in [-0.25, -0.2) is 27.9 Å². The molecule has 8 nitrogen and oxygen atoms in total. The summed E-state index contributed by atoms with van der Waals surface area (Å²) in [6.45, 7) is 0.956. The number of hydrogen-bond donors (Lipinski definition) is 0. The van der Waals surface area contributed by atoms with Gasteiger partial charge in [0.1, 0.15) is 39.6 Å². The average Bonchev–Trinajstić information content (AvgIpc) is 3.53. The lowest BCUT2D eigenvalue weighted by atomic mass is 10.0. The Morgan fingerprint density at radius 1 is 1.09 bits per heavy atom. The zero-order chi connectivity index (χ0) is 30.1. The largest absolute Gasteiger partial charge is 0.473 e. The molecule has 1 aliphatic rings. The highest BCUT2D eigenvalue weighted by atomic mass is 32.1. The lowest BCUT2D eigenvalue weighted by Crippen LogP contribution is -2.31. The van der Waals surface area contributed by atoms with Crippen molar-refractivity contribution in [3.05, 3.63) is 99.4 Å². The number of fused-ring (bicyclic) bond motifs is 1. The van der Waals surface area contributed by atoms with Gasteiger partial charge in [0.25, 0.3) is 0 Å². The van der Waals surface area contributed by atoms with E-state index in [0.717, 1.165) is 24.6 Å². The number of nitrogens with zero attached hydrogens (tertiary/aromatic N) is 4. The quantitative estimate of drug-likeness (QED) is 0.185. The summed E-state index contributed by atoms with van der Waals surface area (Å²) in [4.78, 5) is 22.0. The number of carbonyl (C=O) groups is 1. The lowest BCUT2D eigenvalue weighted by Gasteiger charge is -2.27. The fourth-order valence-corrected chi connectivity index (χ4v) is 5.73. The molecule has 0 spiro atoms. The molecule has 1 unspecified atom stereocenters. The number of rotatable bonds is 9. The summed E-state index contributed by atoms with van der Waals surface area (Å²) in [7, 11) is 1.31. The number of methoxy groups -OCH3 is 1. The number of ether oxygens (including phenoxy) is 3. The smallest absolute Gasteiger partial charge is 0.348 e. The molecule has 1 saturated heterocycles. The zero-order valence-electron chi connectivity index (χ0n) is 22.8. The van der Waals surface area contributed by atoms with Crippen molar-refractivity contribution >= 4 is 27.7 Å². The van der Waals surface area contributed by atoms with Crippen LogP contribution in [0, 0.1) is 28.8 Å². The first kappa shape index (κ1) is 28.4. The summed E-state index contributed by atoms with van der Waals surface area (Å²) in [5.41, 5.74) is 1.29. The highest BCUT2D eigenvalue weighted by Gasteiger charge is 2.25. The molecule has 0 aliphatic carbocycles. The fraction of sp³-hybridized carbons (Fsp3) is 0.226. The molecule has 4 heterocycles. The maximum Gasteiger partial charge on any atom is 0.348 e. The van der Waals surface area contributed by atoms with E-state index in [1.54, 1.807) is 12.1 Å². The zero-order valence-corrected chi connectivity index (χ0v) is 23.6. The number of halogens is 3. The minimum atomic E-state index is -0.686. The van der Waals surface area contributed by atoms with Crippen molar-refractivity contribution < 1.29 is 32.2 Å². The molecule has 0 amide bonds. The molecule has 5 aromatic rings. The molecule has 6 rings (SSSR count). The van der Waals surface area contributed by atoms with Gasteiger partial charge in [0.2, 0.25) is 5.88 Å². The van der Waals surface area contributed by atoms with E-state index in [4.69, 9.17) is 19.5 Å². The van der Waals surface area contributed by atoms with Crippen LogP contribution in [0.2, 0.25) is 0 Å². The van der Waals surface area contributed by atoms with Crippen molar-refractivity contribution in [1.82, 2.24) is 14.5 Å². The van der Waals surface area contributed by atoms with Crippen molar-refractivity contribution in [1.29, 1.82) is 5.26 Å². The predicted molar refractivity (Wildman–Crippen MR) is 151 cm³/mol. The SMILES string of the molecule is COC(=O)c1cc2c(nc(Cc3cc(F)c(-c4cccc(OCc5ccc(C#N)cc5F)n4)cc3F)n2CC2CCO2)s1. The van der Waals surface area contributed by atoms with Crippen LogP contribution in [-0.2, 0) is 29.0 Å². The molecule has 3 aromatic heterocycles. The van der Waals surface area contributed by atoms with Crippen LogP contribution in [0.1, 0.15) is 38.6 Å². The summed E-state index contributed by atoms with van der Waals surface area (Å²) in [6.07, 6.45) is 0.844. The number of thiophene rings is 1. The van der Waals surface area contributed by atoms with E-state index in [1.807, 2.05) is 10.6 Å². The fourth-order valence-electron chi connectivity index (χ4n) is 4.75. The first-order valence-electron chi connectivity index (χ1n) is 13.3. The Morgan fingerprint density at radius 3 is 2.63 bits per heavy atom. The van der Waals surface area contributed by atoms with Gasteiger partial charge in [0, 0.05) is 30.2 Å². The van der Waals surface area contributed by atoms with Crippen molar-refractivity contribution in [2.75, 3.05) is 13.7 Å². The van der Waals surface area contributed by atoms with E-state index in [9.17, 15) is 9.18 Å². The maximum atomic E-state index is 15.4. The van der Waals surface area contributed by atoms with Gasteiger partial charge in [-0.05, 0) is 48.4 Å². The molecule has 12 heteroatoms. The number of carbonyl (C=O) groups excluding carboxylic acids is 1. The molecule has 218 valence electrons. The van der Waals surface area contributed by atoms with E-state index < -0.39 is 23.4 Å². The van der Waals surface area contributed by atoms with Crippen LogP contribution in [0.3, 0.4) is 0 Å². The molecule has 0 radical (unpaired) electrons. The van der Waals surface area contributed by atoms with Crippen LogP contribution in [0.4, 0.5) is 13.2 Å². The van der Waals surface area contributed by atoms with Gasteiger partial charge in [0.05, 0.1) is 42.6 Å². The van der Waals surface area contributed by atoms with Gasteiger partial charge in [-0.2, -0.15) is 5.26 Å².